The first-order valence-electron chi connectivity index (χ1n) is 4.34. The minimum atomic E-state index is -3.81. The van der Waals surface area contributed by atoms with Gasteiger partial charge in [0.25, 0.3) is 0 Å². The van der Waals surface area contributed by atoms with E-state index in [0.717, 1.165) is 5.92 Å². The molecule has 0 radical (unpaired) electrons. The van der Waals surface area contributed by atoms with Crippen molar-refractivity contribution in [3.8, 4) is 0 Å². The van der Waals surface area contributed by atoms with E-state index in [0.29, 0.717) is 0 Å². The summed E-state index contributed by atoms with van der Waals surface area (Å²) in [6.07, 6.45) is 2.71. The Hall–Kier alpha value is 1.06. The molecule has 0 aromatic carbocycles. The fourth-order valence-corrected chi connectivity index (χ4v) is 0.577. The Kier molecular flexibility index (Phi) is 15.5. The molecule has 10 heteroatoms. The van der Waals surface area contributed by atoms with E-state index in [-0.39, 0.29) is 0 Å². The third-order valence-corrected chi connectivity index (χ3v) is 0.866. The van der Waals surface area contributed by atoms with Crippen LogP contribution < -0.4 is 0 Å². The minimum absolute atomic E-state index is 0.898. The number of rotatable bonds is 2. The molecule has 6 N–H and O–H groups in total. The zero-order chi connectivity index (χ0) is 14.0. The van der Waals surface area contributed by atoms with Gasteiger partial charge in [-0.2, -0.15) is 0 Å². The van der Waals surface area contributed by atoms with E-state index in [2.05, 4.69) is 44.4 Å². The molecule has 0 atom stereocenters. The van der Waals surface area contributed by atoms with E-state index >= 15 is 0 Å². The van der Waals surface area contributed by atoms with Crippen molar-refractivity contribution in [1.29, 1.82) is 0 Å². The van der Waals surface area contributed by atoms with Crippen LogP contribution in [0.3, 0.4) is 0 Å². The number of hydrogen-bond acceptors (Lipinski definition) is 2. The third kappa shape index (κ3) is 181. The number of hydrogen-bond donors (Lipinski definition) is 6. The topological polar surface area (TPSA) is 121 Å². The standard InChI is InChI=1S/C6H14.2H3O3PS/c1-4-5-6(2)3;2*1-4(2,3)5/h6H,4-5H2,1-3H3;2*(H3,1,2,3,5). The summed E-state index contributed by atoms with van der Waals surface area (Å²) in [5.41, 5.74) is 0. The SMILES string of the molecule is CCCC(C)C.OP(O)(O)=S.OP(O)(O)=S. The second kappa shape index (κ2) is 11.2. The normalized spacial score (nSPS) is 11.1. The van der Waals surface area contributed by atoms with Crippen LogP contribution >= 0.6 is 13.4 Å². The molecule has 0 saturated carbocycles. The predicted molar refractivity (Wildman–Crippen MR) is 71.6 cm³/mol. The van der Waals surface area contributed by atoms with Crippen LogP contribution in [0.15, 0.2) is 0 Å². The summed E-state index contributed by atoms with van der Waals surface area (Å²) in [5.74, 6) is 0.898. The molecule has 6 nitrogen and oxygen atoms in total. The maximum atomic E-state index is 7.56. The van der Waals surface area contributed by atoms with Gasteiger partial charge in [0, 0.05) is 0 Å². The van der Waals surface area contributed by atoms with Gasteiger partial charge in [-0.05, 0) is 29.5 Å². The summed E-state index contributed by atoms with van der Waals surface area (Å²) < 4.78 is 0. The van der Waals surface area contributed by atoms with Crippen molar-refractivity contribution in [3.63, 3.8) is 0 Å². The van der Waals surface area contributed by atoms with E-state index in [1.165, 1.54) is 12.8 Å². The summed E-state index contributed by atoms with van der Waals surface area (Å²) in [5, 5.41) is 0. The van der Waals surface area contributed by atoms with Crippen LogP contribution in [0.4, 0.5) is 0 Å². The first kappa shape index (κ1) is 22.3. The highest BCUT2D eigenvalue weighted by atomic mass is 32.5. The first-order chi connectivity index (χ1) is 6.77. The van der Waals surface area contributed by atoms with Gasteiger partial charge in [0.15, 0.2) is 0 Å². The second-order valence-corrected chi connectivity index (χ2v) is 8.20. The van der Waals surface area contributed by atoms with Gasteiger partial charge >= 0.3 is 13.4 Å². The highest BCUT2D eigenvalue weighted by Gasteiger charge is 1.92. The Morgan fingerprint density at radius 3 is 1.06 bits per heavy atom. The highest BCUT2D eigenvalue weighted by Crippen LogP contribution is 2.26. The minimum Gasteiger partial charge on any atom is -0.325 e. The van der Waals surface area contributed by atoms with Crippen molar-refractivity contribution in [2.24, 2.45) is 5.92 Å². The van der Waals surface area contributed by atoms with Crippen molar-refractivity contribution < 1.29 is 29.4 Å². The maximum Gasteiger partial charge on any atom is 0.319 e. The smallest absolute Gasteiger partial charge is 0.319 e. The molecule has 0 aliphatic rings. The molecular formula is C6H20O6P2S2. The zero-order valence-electron chi connectivity index (χ0n) is 9.39. The van der Waals surface area contributed by atoms with Crippen molar-refractivity contribution in [2.75, 3.05) is 0 Å². The van der Waals surface area contributed by atoms with Crippen LogP contribution in [0.5, 0.6) is 0 Å². The lowest BCUT2D eigenvalue weighted by atomic mass is 10.1. The van der Waals surface area contributed by atoms with Crippen molar-refractivity contribution in [3.05, 3.63) is 0 Å². The summed E-state index contributed by atoms with van der Waals surface area (Å²) in [6, 6.07) is 0. The van der Waals surface area contributed by atoms with Crippen LogP contribution in [-0.2, 0) is 23.6 Å². The average Bonchev–Trinajstić information content (AvgIpc) is 1.76. The van der Waals surface area contributed by atoms with Crippen LogP contribution in [-0.4, -0.2) is 29.4 Å². The van der Waals surface area contributed by atoms with E-state index < -0.39 is 13.4 Å². The molecule has 0 spiro atoms. The van der Waals surface area contributed by atoms with Crippen molar-refractivity contribution in [1.82, 2.24) is 0 Å². The van der Waals surface area contributed by atoms with E-state index in [1.807, 2.05) is 0 Å². The summed E-state index contributed by atoms with van der Waals surface area (Å²) >= 11 is 7.21. The molecular weight excluding hydrogens is 294 g/mol. The molecule has 0 aliphatic carbocycles. The van der Waals surface area contributed by atoms with Gasteiger partial charge in [-0.15, -0.1) is 0 Å². The molecule has 0 fully saturated rings. The Bertz CT molecular complexity index is 199. The van der Waals surface area contributed by atoms with Crippen LogP contribution in [0.25, 0.3) is 0 Å². The van der Waals surface area contributed by atoms with Gasteiger partial charge in [-0.3, -0.25) is 0 Å². The zero-order valence-corrected chi connectivity index (χ0v) is 12.8. The lowest BCUT2D eigenvalue weighted by molar-refractivity contribution is 0.361. The Morgan fingerprint density at radius 1 is 0.875 bits per heavy atom. The monoisotopic (exact) mass is 314 g/mol. The van der Waals surface area contributed by atoms with Gasteiger partial charge < -0.3 is 29.4 Å². The Labute approximate surface area is 106 Å². The lowest BCUT2D eigenvalue weighted by Gasteiger charge is -1.95. The summed E-state index contributed by atoms with van der Waals surface area (Å²) in [7, 11) is 0. The summed E-state index contributed by atoms with van der Waals surface area (Å²) in [6.45, 7) is -0.882. The largest absolute Gasteiger partial charge is 0.325 e. The van der Waals surface area contributed by atoms with Crippen molar-refractivity contribution >= 4 is 37.1 Å². The molecule has 16 heavy (non-hydrogen) atoms. The second-order valence-electron chi connectivity index (χ2n) is 3.21. The summed E-state index contributed by atoms with van der Waals surface area (Å²) in [4.78, 5) is 45.3. The van der Waals surface area contributed by atoms with E-state index in [4.69, 9.17) is 29.4 Å². The molecule has 102 valence electrons. The predicted octanol–water partition coefficient (Wildman–Crippen LogP) is 0.818. The van der Waals surface area contributed by atoms with Crippen LogP contribution in [0.1, 0.15) is 33.6 Å². The van der Waals surface area contributed by atoms with Crippen LogP contribution in [0, 0.1) is 5.92 Å². The molecule has 0 aromatic heterocycles. The van der Waals surface area contributed by atoms with Crippen LogP contribution in [0.2, 0.25) is 0 Å². The molecule has 0 aliphatic heterocycles. The fourth-order valence-electron chi connectivity index (χ4n) is 0.577. The van der Waals surface area contributed by atoms with Gasteiger partial charge in [-0.1, -0.05) is 33.6 Å². The van der Waals surface area contributed by atoms with Gasteiger partial charge in [0.1, 0.15) is 0 Å². The fraction of sp³-hybridized carbons (Fsp3) is 1.00. The lowest BCUT2D eigenvalue weighted by Crippen LogP contribution is -1.81. The molecule has 0 amide bonds. The average molecular weight is 314 g/mol. The Morgan fingerprint density at radius 2 is 1.06 bits per heavy atom. The molecule has 0 unspecified atom stereocenters. The van der Waals surface area contributed by atoms with Gasteiger partial charge in [0.2, 0.25) is 0 Å². The van der Waals surface area contributed by atoms with E-state index in [9.17, 15) is 0 Å². The van der Waals surface area contributed by atoms with Gasteiger partial charge in [-0.25, -0.2) is 0 Å². The quantitative estimate of drug-likeness (QED) is 0.414. The molecule has 0 heterocycles. The highest BCUT2D eigenvalue weighted by molar-refractivity contribution is 8.06. The van der Waals surface area contributed by atoms with Gasteiger partial charge in [0.05, 0.1) is 0 Å². The van der Waals surface area contributed by atoms with E-state index in [1.54, 1.807) is 0 Å². The molecule has 0 saturated heterocycles. The third-order valence-electron chi connectivity index (χ3n) is 0.866. The first-order valence-corrected chi connectivity index (χ1v) is 9.66. The van der Waals surface area contributed by atoms with Crippen molar-refractivity contribution in [2.45, 2.75) is 33.6 Å². The molecule has 0 aromatic rings. The molecule has 0 rings (SSSR count). The molecule has 0 bridgehead atoms. The Balaban J connectivity index is -0.000000160. The maximum absolute atomic E-state index is 7.56.